The van der Waals surface area contributed by atoms with Gasteiger partial charge in [-0.05, 0) is 37.5 Å². The molecule has 0 saturated heterocycles. The lowest BCUT2D eigenvalue weighted by molar-refractivity contribution is 0.231. The molecule has 70 valence electrons. The van der Waals surface area contributed by atoms with Gasteiger partial charge in [-0.25, -0.2) is 0 Å². The average molecular weight is 166 g/mol. The highest BCUT2D eigenvalue weighted by Crippen LogP contribution is 2.37. The first-order chi connectivity index (χ1) is 5.97. The molecule has 0 aliphatic heterocycles. The van der Waals surface area contributed by atoms with Crippen molar-refractivity contribution in [3.05, 3.63) is 12.2 Å². The summed E-state index contributed by atoms with van der Waals surface area (Å²) in [5.41, 5.74) is 0. The van der Waals surface area contributed by atoms with Crippen molar-refractivity contribution in [2.24, 2.45) is 11.8 Å². The van der Waals surface area contributed by atoms with Gasteiger partial charge in [-0.2, -0.15) is 0 Å². The maximum Gasteiger partial charge on any atom is -0.0319 e. The largest absolute Gasteiger partial charge is 0.0882 e. The SMILES string of the molecule is C1=CCC2CCCCC2C1.CC. The molecule has 0 bridgehead atoms. The van der Waals surface area contributed by atoms with Crippen LogP contribution in [0.1, 0.15) is 52.4 Å². The molecule has 0 aromatic rings. The van der Waals surface area contributed by atoms with Gasteiger partial charge in [0.05, 0.1) is 0 Å². The summed E-state index contributed by atoms with van der Waals surface area (Å²) in [5.74, 6) is 2.14. The van der Waals surface area contributed by atoms with Gasteiger partial charge in [0.15, 0.2) is 0 Å². The zero-order valence-corrected chi connectivity index (χ0v) is 8.55. The van der Waals surface area contributed by atoms with Crippen LogP contribution in [0.5, 0.6) is 0 Å². The van der Waals surface area contributed by atoms with Crippen LogP contribution in [0.4, 0.5) is 0 Å². The van der Waals surface area contributed by atoms with Crippen LogP contribution in [0.2, 0.25) is 0 Å². The van der Waals surface area contributed by atoms with Gasteiger partial charge in [-0.1, -0.05) is 38.8 Å². The second-order valence-corrected chi connectivity index (χ2v) is 3.75. The Hall–Kier alpha value is -0.260. The van der Waals surface area contributed by atoms with Crippen molar-refractivity contribution in [3.63, 3.8) is 0 Å². The van der Waals surface area contributed by atoms with Gasteiger partial charge in [0.1, 0.15) is 0 Å². The van der Waals surface area contributed by atoms with E-state index < -0.39 is 0 Å². The van der Waals surface area contributed by atoms with Gasteiger partial charge in [-0.15, -0.1) is 0 Å². The fourth-order valence-corrected chi connectivity index (χ4v) is 2.45. The van der Waals surface area contributed by atoms with Gasteiger partial charge in [0.2, 0.25) is 0 Å². The third-order valence-corrected chi connectivity index (χ3v) is 3.11. The van der Waals surface area contributed by atoms with Crippen molar-refractivity contribution in [1.82, 2.24) is 0 Å². The van der Waals surface area contributed by atoms with E-state index in [1.165, 1.54) is 38.5 Å². The van der Waals surface area contributed by atoms with Crippen LogP contribution in [0, 0.1) is 11.8 Å². The number of rotatable bonds is 0. The molecule has 2 unspecified atom stereocenters. The van der Waals surface area contributed by atoms with Crippen LogP contribution in [0.25, 0.3) is 0 Å². The Morgan fingerprint density at radius 3 is 1.67 bits per heavy atom. The highest BCUT2D eigenvalue weighted by molar-refractivity contribution is 4.95. The van der Waals surface area contributed by atoms with Gasteiger partial charge in [0, 0.05) is 0 Å². The summed E-state index contributed by atoms with van der Waals surface area (Å²) in [5, 5.41) is 0. The molecule has 0 aromatic heterocycles. The van der Waals surface area contributed by atoms with E-state index in [9.17, 15) is 0 Å². The summed E-state index contributed by atoms with van der Waals surface area (Å²) in [6.45, 7) is 4.00. The monoisotopic (exact) mass is 166 g/mol. The van der Waals surface area contributed by atoms with Crippen LogP contribution in [-0.2, 0) is 0 Å². The summed E-state index contributed by atoms with van der Waals surface area (Å²) in [4.78, 5) is 0. The summed E-state index contributed by atoms with van der Waals surface area (Å²) in [6.07, 6.45) is 13.5. The van der Waals surface area contributed by atoms with E-state index in [0.717, 1.165) is 11.8 Å². The molecule has 12 heavy (non-hydrogen) atoms. The number of hydrogen-bond donors (Lipinski definition) is 0. The van der Waals surface area contributed by atoms with Crippen molar-refractivity contribution in [2.45, 2.75) is 52.4 Å². The number of allylic oxidation sites excluding steroid dienone is 2. The van der Waals surface area contributed by atoms with E-state index in [1.54, 1.807) is 0 Å². The molecule has 0 N–H and O–H groups in total. The quantitative estimate of drug-likeness (QED) is 0.474. The van der Waals surface area contributed by atoms with E-state index in [-0.39, 0.29) is 0 Å². The Kier molecular flexibility index (Phi) is 4.42. The van der Waals surface area contributed by atoms with E-state index in [1.807, 2.05) is 13.8 Å². The zero-order valence-electron chi connectivity index (χ0n) is 8.55. The Balaban J connectivity index is 0.000000336. The maximum absolute atomic E-state index is 2.38. The van der Waals surface area contributed by atoms with Crippen molar-refractivity contribution in [3.8, 4) is 0 Å². The predicted octanol–water partition coefficient (Wildman–Crippen LogP) is 4.17. The highest BCUT2D eigenvalue weighted by atomic mass is 14.3. The molecule has 1 fully saturated rings. The molecule has 2 aliphatic carbocycles. The van der Waals surface area contributed by atoms with Gasteiger partial charge >= 0.3 is 0 Å². The zero-order chi connectivity index (χ0) is 8.81. The summed E-state index contributed by atoms with van der Waals surface area (Å²) < 4.78 is 0. The van der Waals surface area contributed by atoms with Crippen LogP contribution in [0.15, 0.2) is 12.2 Å². The molecule has 2 rings (SSSR count). The molecule has 0 aromatic carbocycles. The minimum Gasteiger partial charge on any atom is -0.0882 e. The predicted molar refractivity (Wildman–Crippen MR) is 55.2 cm³/mol. The minimum atomic E-state index is 1.07. The Morgan fingerprint density at radius 1 is 0.833 bits per heavy atom. The second kappa shape index (κ2) is 5.40. The fraction of sp³-hybridized carbons (Fsp3) is 0.833. The molecule has 2 aliphatic rings. The van der Waals surface area contributed by atoms with Crippen LogP contribution < -0.4 is 0 Å². The summed E-state index contributed by atoms with van der Waals surface area (Å²) >= 11 is 0. The molecular formula is C12H22. The fourth-order valence-electron chi connectivity index (χ4n) is 2.45. The topological polar surface area (TPSA) is 0 Å². The maximum atomic E-state index is 2.38. The molecule has 2 atom stereocenters. The third-order valence-electron chi connectivity index (χ3n) is 3.11. The Bertz CT molecular complexity index is 119. The van der Waals surface area contributed by atoms with E-state index in [0.29, 0.717) is 0 Å². The van der Waals surface area contributed by atoms with E-state index in [4.69, 9.17) is 0 Å². The highest BCUT2D eigenvalue weighted by Gasteiger charge is 2.24. The Labute approximate surface area is 77.1 Å². The Morgan fingerprint density at radius 2 is 1.25 bits per heavy atom. The third kappa shape index (κ3) is 2.36. The number of hydrogen-bond acceptors (Lipinski definition) is 0. The summed E-state index contributed by atoms with van der Waals surface area (Å²) in [6, 6.07) is 0. The lowest BCUT2D eigenvalue weighted by atomic mass is 9.73. The average Bonchev–Trinajstić information content (AvgIpc) is 2.21. The second-order valence-electron chi connectivity index (χ2n) is 3.75. The molecule has 0 heteroatoms. The molecular weight excluding hydrogens is 144 g/mol. The molecule has 0 nitrogen and oxygen atoms in total. The van der Waals surface area contributed by atoms with E-state index in [2.05, 4.69) is 12.2 Å². The first kappa shape index (κ1) is 9.83. The number of fused-ring (bicyclic) bond motifs is 1. The van der Waals surface area contributed by atoms with Crippen molar-refractivity contribution >= 4 is 0 Å². The first-order valence-corrected chi connectivity index (χ1v) is 5.62. The summed E-state index contributed by atoms with van der Waals surface area (Å²) in [7, 11) is 0. The molecule has 0 radical (unpaired) electrons. The van der Waals surface area contributed by atoms with Gasteiger partial charge in [-0.3, -0.25) is 0 Å². The molecule has 0 spiro atoms. The lowest BCUT2D eigenvalue weighted by Crippen LogP contribution is -2.20. The van der Waals surface area contributed by atoms with Crippen LogP contribution >= 0.6 is 0 Å². The smallest absolute Gasteiger partial charge is 0.0319 e. The molecule has 0 amide bonds. The van der Waals surface area contributed by atoms with Crippen LogP contribution in [0.3, 0.4) is 0 Å². The van der Waals surface area contributed by atoms with Crippen molar-refractivity contribution < 1.29 is 0 Å². The van der Waals surface area contributed by atoms with Gasteiger partial charge < -0.3 is 0 Å². The first-order valence-electron chi connectivity index (χ1n) is 5.62. The normalized spacial score (nSPS) is 33.2. The van der Waals surface area contributed by atoms with Crippen molar-refractivity contribution in [1.29, 1.82) is 0 Å². The van der Waals surface area contributed by atoms with Crippen molar-refractivity contribution in [2.75, 3.05) is 0 Å². The van der Waals surface area contributed by atoms with E-state index >= 15 is 0 Å². The standard InChI is InChI=1S/C10H16.C2H6/c1-2-6-10-8-4-3-7-9(10)5-1;1-2/h1-2,9-10H,3-8H2;1-2H3. The van der Waals surface area contributed by atoms with Gasteiger partial charge in [0.25, 0.3) is 0 Å². The lowest BCUT2D eigenvalue weighted by Gasteiger charge is -2.32. The molecule has 0 heterocycles. The van der Waals surface area contributed by atoms with Crippen LogP contribution in [-0.4, -0.2) is 0 Å². The molecule has 1 saturated carbocycles. The minimum absolute atomic E-state index is 1.07.